The van der Waals surface area contributed by atoms with Gasteiger partial charge in [-0.25, -0.2) is 4.79 Å². The summed E-state index contributed by atoms with van der Waals surface area (Å²) in [5.41, 5.74) is 0.135. The Hall–Kier alpha value is -2.57. The number of nitrogens with zero attached hydrogens (tertiary/aromatic N) is 2. The first kappa shape index (κ1) is 20.2. The molecule has 1 atom stereocenters. The summed E-state index contributed by atoms with van der Waals surface area (Å²) in [5, 5.41) is 2.86. The molecule has 1 aliphatic carbocycles. The summed E-state index contributed by atoms with van der Waals surface area (Å²) in [6.45, 7) is 3.83. The number of nitrogens with one attached hydrogen (secondary N) is 1. The van der Waals surface area contributed by atoms with Crippen molar-refractivity contribution < 1.29 is 19.1 Å². The first-order valence-corrected chi connectivity index (χ1v) is 9.81. The second-order valence-corrected chi connectivity index (χ2v) is 8.04. The Morgan fingerprint density at radius 1 is 1.29 bits per heavy atom. The summed E-state index contributed by atoms with van der Waals surface area (Å²) >= 11 is 0. The topological polar surface area (TPSA) is 79.0 Å². The Bertz CT molecular complexity index is 753. The molecule has 28 heavy (non-hydrogen) atoms. The van der Waals surface area contributed by atoms with Crippen molar-refractivity contribution in [2.24, 2.45) is 5.92 Å². The molecule has 1 aromatic carbocycles. The summed E-state index contributed by atoms with van der Waals surface area (Å²) in [6, 6.07) is 6.84. The van der Waals surface area contributed by atoms with E-state index in [2.05, 4.69) is 12.2 Å². The molecule has 7 nitrogen and oxygen atoms in total. The number of hydrogen-bond acceptors (Lipinski definition) is 4. The molecule has 2 aliphatic rings. The molecule has 1 spiro atoms. The van der Waals surface area contributed by atoms with Gasteiger partial charge in [0.1, 0.15) is 17.8 Å². The highest BCUT2D eigenvalue weighted by Crippen LogP contribution is 2.36. The van der Waals surface area contributed by atoms with Gasteiger partial charge in [-0.2, -0.15) is 0 Å². The van der Waals surface area contributed by atoms with Gasteiger partial charge in [-0.05, 0) is 56.2 Å². The maximum Gasteiger partial charge on any atom is 0.325 e. The highest BCUT2D eigenvalue weighted by molar-refractivity contribution is 6.09. The molecule has 0 radical (unpaired) electrons. The van der Waals surface area contributed by atoms with Gasteiger partial charge in [-0.3, -0.25) is 14.5 Å². The largest absolute Gasteiger partial charge is 0.497 e. The lowest BCUT2D eigenvalue weighted by atomic mass is 9.77. The van der Waals surface area contributed by atoms with Crippen LogP contribution in [-0.2, 0) is 9.59 Å². The second-order valence-electron chi connectivity index (χ2n) is 8.04. The number of amides is 4. The zero-order valence-corrected chi connectivity index (χ0v) is 17.0. The minimum absolute atomic E-state index is 0.191. The van der Waals surface area contributed by atoms with Crippen LogP contribution in [0.25, 0.3) is 0 Å². The van der Waals surface area contributed by atoms with Crippen LogP contribution in [0.5, 0.6) is 5.75 Å². The predicted octanol–water partition coefficient (Wildman–Crippen LogP) is 2.72. The lowest BCUT2D eigenvalue weighted by Crippen LogP contribution is -2.50. The quantitative estimate of drug-likeness (QED) is 0.788. The van der Waals surface area contributed by atoms with Crippen LogP contribution in [0.3, 0.4) is 0 Å². The fraction of sp³-hybridized carbons (Fsp3) is 0.571. The van der Waals surface area contributed by atoms with Gasteiger partial charge in [0.15, 0.2) is 0 Å². The number of hydrogen-bond donors (Lipinski definition) is 1. The first-order valence-electron chi connectivity index (χ1n) is 9.81. The molecule has 1 saturated heterocycles. The van der Waals surface area contributed by atoms with Crippen molar-refractivity contribution in [3.05, 3.63) is 29.8 Å². The Morgan fingerprint density at radius 2 is 1.89 bits per heavy atom. The van der Waals surface area contributed by atoms with Gasteiger partial charge in [0, 0.05) is 7.05 Å². The lowest BCUT2D eigenvalue weighted by molar-refractivity contribution is -0.140. The SMILES string of the molecule is COc1ccc(C(C)N(C)C(=O)CN2C(=O)NC3(CCC(C)CC3)C2=O)cc1. The fourth-order valence-corrected chi connectivity index (χ4v) is 3.98. The van der Waals surface area contributed by atoms with E-state index in [0.29, 0.717) is 18.8 Å². The van der Waals surface area contributed by atoms with Crippen molar-refractivity contribution in [2.45, 2.75) is 51.1 Å². The van der Waals surface area contributed by atoms with Crippen LogP contribution in [0, 0.1) is 5.92 Å². The van der Waals surface area contributed by atoms with Gasteiger partial charge in [0.2, 0.25) is 5.91 Å². The summed E-state index contributed by atoms with van der Waals surface area (Å²) in [4.78, 5) is 40.8. The molecule has 1 aromatic rings. The summed E-state index contributed by atoms with van der Waals surface area (Å²) < 4.78 is 5.16. The van der Waals surface area contributed by atoms with Crippen molar-refractivity contribution >= 4 is 17.8 Å². The van der Waals surface area contributed by atoms with Crippen LogP contribution < -0.4 is 10.1 Å². The molecule has 1 saturated carbocycles. The van der Waals surface area contributed by atoms with Crippen molar-refractivity contribution in [3.8, 4) is 5.75 Å². The number of imide groups is 1. The highest BCUT2D eigenvalue weighted by atomic mass is 16.5. The first-order chi connectivity index (χ1) is 13.3. The Balaban J connectivity index is 1.66. The maximum atomic E-state index is 12.9. The molecular weight excluding hydrogens is 358 g/mol. The van der Waals surface area contributed by atoms with Crippen LogP contribution in [0.1, 0.15) is 51.1 Å². The molecule has 7 heteroatoms. The summed E-state index contributed by atoms with van der Waals surface area (Å²) in [7, 11) is 3.29. The number of likely N-dealkylation sites (N-methyl/N-ethyl adjacent to an activating group) is 1. The number of benzene rings is 1. The summed E-state index contributed by atoms with van der Waals surface area (Å²) in [5.74, 6) is 0.773. The molecule has 3 rings (SSSR count). The van der Waals surface area contributed by atoms with E-state index >= 15 is 0 Å². The Kier molecular flexibility index (Phi) is 5.63. The van der Waals surface area contributed by atoms with E-state index in [1.54, 1.807) is 19.1 Å². The van der Waals surface area contributed by atoms with Gasteiger partial charge in [-0.1, -0.05) is 19.1 Å². The smallest absolute Gasteiger partial charge is 0.325 e. The minimum Gasteiger partial charge on any atom is -0.497 e. The van der Waals surface area contributed by atoms with Gasteiger partial charge in [0.25, 0.3) is 5.91 Å². The van der Waals surface area contributed by atoms with E-state index in [1.807, 2.05) is 31.2 Å². The highest BCUT2D eigenvalue weighted by Gasteiger charge is 2.52. The van der Waals surface area contributed by atoms with E-state index in [1.165, 1.54) is 0 Å². The molecule has 1 aliphatic heterocycles. The van der Waals surface area contributed by atoms with E-state index in [-0.39, 0.29) is 24.4 Å². The monoisotopic (exact) mass is 387 g/mol. The van der Waals surface area contributed by atoms with Gasteiger partial charge < -0.3 is 15.0 Å². The van der Waals surface area contributed by atoms with Crippen molar-refractivity contribution in [2.75, 3.05) is 20.7 Å². The lowest BCUT2D eigenvalue weighted by Gasteiger charge is -2.33. The Morgan fingerprint density at radius 3 is 2.46 bits per heavy atom. The predicted molar refractivity (Wildman–Crippen MR) is 105 cm³/mol. The number of urea groups is 1. The van der Waals surface area contributed by atoms with Gasteiger partial charge in [0.05, 0.1) is 13.2 Å². The molecule has 0 bridgehead atoms. The normalized spacial score (nSPS) is 25.6. The molecule has 2 fully saturated rings. The van der Waals surface area contributed by atoms with Crippen LogP contribution in [-0.4, -0.2) is 53.9 Å². The van der Waals surface area contributed by atoms with E-state index in [0.717, 1.165) is 29.1 Å². The van der Waals surface area contributed by atoms with Crippen molar-refractivity contribution in [1.82, 2.24) is 15.1 Å². The fourth-order valence-electron chi connectivity index (χ4n) is 3.98. The van der Waals surface area contributed by atoms with E-state index < -0.39 is 11.6 Å². The molecular formula is C21H29N3O4. The average Bonchev–Trinajstić information content (AvgIpc) is 2.93. The van der Waals surface area contributed by atoms with Crippen LogP contribution in [0.2, 0.25) is 0 Å². The molecule has 1 unspecified atom stereocenters. The van der Waals surface area contributed by atoms with Crippen LogP contribution in [0.15, 0.2) is 24.3 Å². The molecule has 1 N–H and O–H groups in total. The van der Waals surface area contributed by atoms with E-state index in [9.17, 15) is 14.4 Å². The van der Waals surface area contributed by atoms with E-state index in [4.69, 9.17) is 4.74 Å². The molecule has 1 heterocycles. The van der Waals surface area contributed by atoms with Gasteiger partial charge in [-0.15, -0.1) is 0 Å². The number of carbonyl (C=O) groups excluding carboxylic acids is 3. The number of carbonyl (C=O) groups is 3. The maximum absolute atomic E-state index is 12.9. The van der Waals surface area contributed by atoms with Crippen LogP contribution in [0.4, 0.5) is 4.79 Å². The molecule has 0 aromatic heterocycles. The second kappa shape index (κ2) is 7.81. The minimum atomic E-state index is -0.815. The number of methoxy groups -OCH3 is 1. The average molecular weight is 387 g/mol. The van der Waals surface area contributed by atoms with Crippen LogP contribution >= 0.6 is 0 Å². The van der Waals surface area contributed by atoms with Gasteiger partial charge >= 0.3 is 6.03 Å². The van der Waals surface area contributed by atoms with Crippen molar-refractivity contribution in [3.63, 3.8) is 0 Å². The zero-order chi connectivity index (χ0) is 20.5. The Labute approximate surface area is 166 Å². The standard InChI is InChI=1S/C21H29N3O4/c1-14-9-11-21(12-10-14)19(26)24(20(27)22-21)13-18(25)23(3)15(2)16-5-7-17(28-4)8-6-16/h5-8,14-15H,9-13H2,1-4H3,(H,22,27). The third kappa shape index (κ3) is 3.70. The third-order valence-electron chi connectivity index (χ3n) is 6.24. The number of ether oxygens (including phenoxy) is 1. The van der Waals surface area contributed by atoms with Crippen molar-refractivity contribution in [1.29, 1.82) is 0 Å². The summed E-state index contributed by atoms with van der Waals surface area (Å²) in [6.07, 6.45) is 3.09. The molecule has 152 valence electrons. The third-order valence-corrected chi connectivity index (χ3v) is 6.24. The zero-order valence-electron chi connectivity index (χ0n) is 17.0. The molecule has 4 amide bonds. The number of rotatable bonds is 5.